The highest BCUT2D eigenvalue weighted by Gasteiger charge is 2.04. The predicted octanol–water partition coefficient (Wildman–Crippen LogP) is 0.241. The van der Waals surface area contributed by atoms with Gasteiger partial charge in [0.25, 0.3) is 0 Å². The topological polar surface area (TPSA) is 98.5 Å². The van der Waals surface area contributed by atoms with Crippen molar-refractivity contribution in [1.82, 2.24) is 5.32 Å². The first-order valence-electron chi connectivity index (χ1n) is 5.81. The van der Waals surface area contributed by atoms with Crippen LogP contribution in [0.15, 0.2) is 24.3 Å². The van der Waals surface area contributed by atoms with Crippen molar-refractivity contribution in [2.24, 2.45) is 5.14 Å². The lowest BCUT2D eigenvalue weighted by Gasteiger charge is -2.05. The highest BCUT2D eigenvalue weighted by Crippen LogP contribution is 2.05. The lowest BCUT2D eigenvalue weighted by Crippen LogP contribution is -2.22. The molecule has 0 radical (unpaired) electrons. The predicted molar refractivity (Wildman–Crippen MR) is 72.1 cm³/mol. The van der Waals surface area contributed by atoms with Crippen LogP contribution in [0, 0.1) is 0 Å². The molecule has 3 N–H and O–H groups in total. The maximum absolute atomic E-state index is 11.2. The van der Waals surface area contributed by atoms with Crippen molar-refractivity contribution in [3.05, 3.63) is 35.4 Å². The van der Waals surface area contributed by atoms with Gasteiger partial charge in [-0.2, -0.15) is 0 Å². The quantitative estimate of drug-likeness (QED) is 0.552. The SMILES string of the molecule is COC(=O)c1ccc(CNCCCS(N)(=O)=O)cc1. The zero-order valence-corrected chi connectivity index (χ0v) is 11.6. The molecular formula is C12H18N2O4S. The van der Waals surface area contributed by atoms with Gasteiger partial charge < -0.3 is 10.1 Å². The summed E-state index contributed by atoms with van der Waals surface area (Å²) in [7, 11) is -2.04. The van der Waals surface area contributed by atoms with Gasteiger partial charge >= 0.3 is 5.97 Å². The van der Waals surface area contributed by atoms with Crippen LogP contribution in [-0.2, 0) is 21.3 Å². The van der Waals surface area contributed by atoms with Crippen molar-refractivity contribution >= 4 is 16.0 Å². The first-order valence-corrected chi connectivity index (χ1v) is 7.52. The molecule has 7 heteroatoms. The van der Waals surface area contributed by atoms with Crippen molar-refractivity contribution in [3.63, 3.8) is 0 Å². The zero-order chi connectivity index (χ0) is 14.3. The van der Waals surface area contributed by atoms with Crippen LogP contribution in [-0.4, -0.2) is 33.8 Å². The molecule has 0 aliphatic carbocycles. The molecule has 0 bridgehead atoms. The molecule has 0 saturated carbocycles. The van der Waals surface area contributed by atoms with Gasteiger partial charge in [-0.1, -0.05) is 12.1 Å². The maximum atomic E-state index is 11.2. The molecule has 106 valence electrons. The van der Waals surface area contributed by atoms with E-state index in [0.29, 0.717) is 25.1 Å². The lowest BCUT2D eigenvalue weighted by molar-refractivity contribution is 0.0600. The number of nitrogens with two attached hydrogens (primary N) is 1. The molecule has 1 rings (SSSR count). The molecule has 19 heavy (non-hydrogen) atoms. The number of rotatable bonds is 7. The highest BCUT2D eigenvalue weighted by molar-refractivity contribution is 7.89. The monoisotopic (exact) mass is 286 g/mol. The molecule has 0 fully saturated rings. The number of sulfonamides is 1. The van der Waals surface area contributed by atoms with E-state index in [9.17, 15) is 13.2 Å². The van der Waals surface area contributed by atoms with Crippen LogP contribution in [0.1, 0.15) is 22.3 Å². The zero-order valence-electron chi connectivity index (χ0n) is 10.8. The summed E-state index contributed by atoms with van der Waals surface area (Å²) in [6.45, 7) is 1.17. The number of esters is 1. The fourth-order valence-corrected chi connectivity index (χ4v) is 2.05. The molecule has 0 aliphatic heterocycles. The molecule has 0 aromatic heterocycles. The summed E-state index contributed by atoms with van der Waals surface area (Å²) < 4.78 is 26.0. The molecule has 0 spiro atoms. The minimum absolute atomic E-state index is 0.0265. The maximum Gasteiger partial charge on any atom is 0.337 e. The van der Waals surface area contributed by atoms with E-state index >= 15 is 0 Å². The van der Waals surface area contributed by atoms with Gasteiger partial charge in [-0.05, 0) is 30.7 Å². The molecule has 0 amide bonds. The summed E-state index contributed by atoms with van der Waals surface area (Å²) in [6.07, 6.45) is 0.471. The van der Waals surface area contributed by atoms with Crippen LogP contribution in [0.2, 0.25) is 0 Å². The van der Waals surface area contributed by atoms with E-state index in [1.54, 1.807) is 12.1 Å². The molecule has 0 heterocycles. The number of ether oxygens (including phenoxy) is 1. The smallest absolute Gasteiger partial charge is 0.337 e. The molecule has 1 aromatic carbocycles. The standard InChI is InChI=1S/C12H18N2O4S/c1-18-12(15)11-5-3-10(4-6-11)9-14-7-2-8-19(13,16)17/h3-6,14H,2,7-9H2,1H3,(H2,13,16,17). The average molecular weight is 286 g/mol. The number of methoxy groups -OCH3 is 1. The van der Waals surface area contributed by atoms with Crippen LogP contribution < -0.4 is 10.5 Å². The summed E-state index contributed by atoms with van der Waals surface area (Å²) >= 11 is 0. The van der Waals surface area contributed by atoms with E-state index in [1.807, 2.05) is 12.1 Å². The van der Waals surface area contributed by atoms with E-state index in [4.69, 9.17) is 5.14 Å². The van der Waals surface area contributed by atoms with Gasteiger partial charge in [-0.25, -0.2) is 18.4 Å². The van der Waals surface area contributed by atoms with Gasteiger partial charge in [0.05, 0.1) is 18.4 Å². The molecule has 0 unspecified atom stereocenters. The fraction of sp³-hybridized carbons (Fsp3) is 0.417. The third-order valence-electron chi connectivity index (χ3n) is 2.49. The van der Waals surface area contributed by atoms with Crippen LogP contribution in [0.3, 0.4) is 0 Å². The first-order chi connectivity index (χ1) is 8.92. The van der Waals surface area contributed by atoms with Gasteiger partial charge in [0.2, 0.25) is 10.0 Å². The summed E-state index contributed by atoms with van der Waals surface area (Å²) in [4.78, 5) is 11.2. The van der Waals surface area contributed by atoms with E-state index in [-0.39, 0.29) is 11.7 Å². The Labute approximate surface area is 113 Å². The van der Waals surface area contributed by atoms with Gasteiger partial charge in [-0.15, -0.1) is 0 Å². The average Bonchev–Trinajstić information content (AvgIpc) is 2.37. The molecule has 6 nitrogen and oxygen atoms in total. The fourth-order valence-electron chi connectivity index (χ4n) is 1.51. The lowest BCUT2D eigenvalue weighted by atomic mass is 10.1. The van der Waals surface area contributed by atoms with Gasteiger partial charge in [0, 0.05) is 6.54 Å². The van der Waals surface area contributed by atoms with Crippen molar-refractivity contribution in [1.29, 1.82) is 0 Å². The molecular weight excluding hydrogens is 268 g/mol. The van der Waals surface area contributed by atoms with Crippen molar-refractivity contribution in [3.8, 4) is 0 Å². The Bertz CT molecular complexity index is 511. The van der Waals surface area contributed by atoms with E-state index < -0.39 is 10.0 Å². The number of carbonyl (C=O) groups excluding carboxylic acids is 1. The Morgan fingerprint density at radius 1 is 1.32 bits per heavy atom. The number of benzene rings is 1. The highest BCUT2D eigenvalue weighted by atomic mass is 32.2. The number of hydrogen-bond donors (Lipinski definition) is 2. The van der Waals surface area contributed by atoms with E-state index in [2.05, 4.69) is 10.1 Å². The summed E-state index contributed by atoms with van der Waals surface area (Å²) in [5.74, 6) is -0.394. The minimum atomic E-state index is -3.38. The number of hydrogen-bond acceptors (Lipinski definition) is 5. The van der Waals surface area contributed by atoms with Gasteiger partial charge in [-0.3, -0.25) is 0 Å². The van der Waals surface area contributed by atoms with Gasteiger partial charge in [0.15, 0.2) is 0 Å². The summed E-state index contributed by atoms with van der Waals surface area (Å²) in [6, 6.07) is 7.01. The van der Waals surface area contributed by atoms with Crippen molar-refractivity contribution < 1.29 is 17.9 Å². The van der Waals surface area contributed by atoms with E-state index in [0.717, 1.165) is 5.56 Å². The second kappa shape index (κ2) is 7.22. The second-order valence-electron chi connectivity index (χ2n) is 4.09. The molecule has 0 saturated heterocycles. The van der Waals surface area contributed by atoms with Crippen LogP contribution in [0.25, 0.3) is 0 Å². The molecule has 0 atom stereocenters. The van der Waals surface area contributed by atoms with Crippen LogP contribution in [0.4, 0.5) is 0 Å². The molecule has 1 aromatic rings. The largest absolute Gasteiger partial charge is 0.465 e. The number of primary sulfonamides is 1. The summed E-state index contributed by atoms with van der Waals surface area (Å²) in [5.41, 5.74) is 1.50. The Balaban J connectivity index is 2.32. The number of carbonyl (C=O) groups is 1. The Hall–Kier alpha value is -1.44. The Morgan fingerprint density at radius 2 is 1.95 bits per heavy atom. The first kappa shape index (κ1) is 15.6. The third-order valence-corrected chi connectivity index (χ3v) is 3.34. The molecule has 0 aliphatic rings. The van der Waals surface area contributed by atoms with Crippen LogP contribution in [0.5, 0.6) is 0 Å². The third kappa shape index (κ3) is 6.32. The van der Waals surface area contributed by atoms with E-state index in [1.165, 1.54) is 7.11 Å². The number of nitrogens with one attached hydrogen (secondary N) is 1. The Kier molecular flexibility index (Phi) is 5.94. The van der Waals surface area contributed by atoms with Crippen LogP contribution >= 0.6 is 0 Å². The van der Waals surface area contributed by atoms with Crippen molar-refractivity contribution in [2.75, 3.05) is 19.4 Å². The van der Waals surface area contributed by atoms with Gasteiger partial charge in [0.1, 0.15) is 0 Å². The summed E-state index contributed by atoms with van der Waals surface area (Å²) in [5, 5.41) is 7.99. The Morgan fingerprint density at radius 3 is 2.47 bits per heavy atom. The second-order valence-corrected chi connectivity index (χ2v) is 5.82. The normalized spacial score (nSPS) is 11.3. The van der Waals surface area contributed by atoms with Crippen molar-refractivity contribution in [2.45, 2.75) is 13.0 Å². The minimum Gasteiger partial charge on any atom is -0.465 e.